The highest BCUT2D eigenvalue weighted by Crippen LogP contribution is 2.30. The van der Waals surface area contributed by atoms with Crippen molar-refractivity contribution in [2.45, 2.75) is 11.3 Å². The molecule has 0 aromatic heterocycles. The Bertz CT molecular complexity index is 1020. The molecule has 1 aliphatic rings. The molecule has 1 heterocycles. The largest absolute Gasteiger partial charge is 0.497 e. The average molecular weight is 425 g/mol. The Morgan fingerprint density at radius 1 is 1.25 bits per heavy atom. The van der Waals surface area contributed by atoms with Crippen LogP contribution in [0.15, 0.2) is 47.4 Å². The number of hydrogen-bond donors (Lipinski definition) is 2. The molecule has 10 heteroatoms. The van der Waals surface area contributed by atoms with E-state index in [1.165, 1.54) is 48.4 Å². The van der Waals surface area contributed by atoms with Gasteiger partial charge in [-0.25, -0.2) is 8.42 Å². The van der Waals surface area contributed by atoms with Crippen LogP contribution in [0.1, 0.15) is 6.42 Å². The number of halogens is 1. The molecule has 1 atom stereocenters. The van der Waals surface area contributed by atoms with Gasteiger partial charge in [0.25, 0.3) is 10.0 Å². The number of hydrogen-bond acceptors (Lipinski definition) is 5. The summed E-state index contributed by atoms with van der Waals surface area (Å²) in [6.45, 7) is 0.0535. The zero-order valence-corrected chi connectivity index (χ0v) is 16.3. The van der Waals surface area contributed by atoms with Crippen molar-refractivity contribution in [2.75, 3.05) is 23.3 Å². The predicted octanol–water partition coefficient (Wildman–Crippen LogP) is 2.59. The summed E-state index contributed by atoms with van der Waals surface area (Å²) in [5.74, 6) is -1.68. The molecular weight excluding hydrogens is 408 g/mol. The smallest absolute Gasteiger partial charge is 0.308 e. The summed E-state index contributed by atoms with van der Waals surface area (Å²) < 4.78 is 32.7. The Balaban J connectivity index is 1.81. The van der Waals surface area contributed by atoms with Crippen molar-refractivity contribution in [3.63, 3.8) is 0 Å². The third kappa shape index (κ3) is 4.05. The molecule has 0 spiro atoms. The van der Waals surface area contributed by atoms with Gasteiger partial charge in [0.15, 0.2) is 0 Å². The molecule has 1 unspecified atom stereocenters. The van der Waals surface area contributed by atoms with E-state index in [0.29, 0.717) is 11.4 Å². The number of methoxy groups -OCH3 is 1. The monoisotopic (exact) mass is 424 g/mol. The number of carbonyl (C=O) groups excluding carboxylic acids is 1. The van der Waals surface area contributed by atoms with Crippen LogP contribution >= 0.6 is 11.6 Å². The van der Waals surface area contributed by atoms with Crippen molar-refractivity contribution < 1.29 is 27.9 Å². The number of aliphatic carboxylic acids is 1. The average Bonchev–Trinajstić information content (AvgIpc) is 3.05. The molecule has 148 valence electrons. The Kier molecular flexibility index (Phi) is 5.48. The Hall–Kier alpha value is -2.78. The minimum absolute atomic E-state index is 0.0310. The number of rotatable bonds is 6. The van der Waals surface area contributed by atoms with Crippen LogP contribution in [0.25, 0.3) is 0 Å². The first-order valence-electron chi connectivity index (χ1n) is 8.21. The van der Waals surface area contributed by atoms with Crippen LogP contribution in [0.4, 0.5) is 11.4 Å². The van der Waals surface area contributed by atoms with E-state index >= 15 is 0 Å². The first-order valence-corrected chi connectivity index (χ1v) is 10.1. The van der Waals surface area contributed by atoms with E-state index in [2.05, 4.69) is 4.72 Å². The quantitative estimate of drug-likeness (QED) is 0.736. The predicted molar refractivity (Wildman–Crippen MR) is 103 cm³/mol. The molecule has 0 radical (unpaired) electrons. The van der Waals surface area contributed by atoms with Crippen LogP contribution in [-0.4, -0.2) is 39.1 Å². The topological polar surface area (TPSA) is 113 Å². The standard InChI is InChI=1S/C18H17ClN2O6S/c1-27-13-4-7-15(19)16(9-13)20-28(25,26)14-5-2-12(3-6-14)21-10-11(18(23)24)8-17(21)22/h2-7,9,11,20H,8,10H2,1H3,(H,23,24). The SMILES string of the molecule is COc1ccc(Cl)c(NS(=O)(=O)c2ccc(N3CC(C(=O)O)CC3=O)cc2)c1. The highest BCUT2D eigenvalue weighted by molar-refractivity contribution is 7.92. The van der Waals surface area contributed by atoms with E-state index in [9.17, 15) is 18.0 Å². The van der Waals surface area contributed by atoms with Crippen LogP contribution in [0, 0.1) is 5.92 Å². The van der Waals surface area contributed by atoms with E-state index in [-0.39, 0.29) is 34.5 Å². The second kappa shape index (κ2) is 7.69. The molecule has 2 aromatic rings. The van der Waals surface area contributed by atoms with E-state index in [0.717, 1.165) is 0 Å². The van der Waals surface area contributed by atoms with Crippen LogP contribution in [0.5, 0.6) is 5.75 Å². The van der Waals surface area contributed by atoms with Crippen molar-refractivity contribution in [2.24, 2.45) is 5.92 Å². The lowest BCUT2D eigenvalue weighted by Crippen LogP contribution is -2.25. The van der Waals surface area contributed by atoms with Crippen molar-refractivity contribution in [3.05, 3.63) is 47.5 Å². The molecule has 0 aliphatic carbocycles. The van der Waals surface area contributed by atoms with E-state index in [1.54, 1.807) is 6.07 Å². The second-order valence-corrected chi connectivity index (χ2v) is 8.28. The first kappa shape index (κ1) is 20.0. The first-order chi connectivity index (χ1) is 13.2. The Morgan fingerprint density at radius 2 is 1.93 bits per heavy atom. The lowest BCUT2D eigenvalue weighted by Gasteiger charge is -2.17. The number of amides is 1. The maximum atomic E-state index is 12.6. The fourth-order valence-electron chi connectivity index (χ4n) is 2.84. The van der Waals surface area contributed by atoms with Crippen molar-refractivity contribution in [1.29, 1.82) is 0 Å². The summed E-state index contributed by atoms with van der Waals surface area (Å²) in [5.41, 5.74) is 0.608. The number of nitrogens with one attached hydrogen (secondary N) is 1. The third-order valence-electron chi connectivity index (χ3n) is 4.35. The number of carboxylic acid groups (broad SMARTS) is 1. The maximum absolute atomic E-state index is 12.6. The van der Waals surface area contributed by atoms with E-state index in [4.69, 9.17) is 21.4 Å². The number of carbonyl (C=O) groups is 2. The molecule has 1 saturated heterocycles. The number of benzene rings is 2. The summed E-state index contributed by atoms with van der Waals surface area (Å²) in [4.78, 5) is 24.4. The number of ether oxygens (including phenoxy) is 1. The molecule has 1 aliphatic heterocycles. The maximum Gasteiger partial charge on any atom is 0.308 e. The Labute approximate surface area is 166 Å². The fourth-order valence-corrected chi connectivity index (χ4v) is 4.13. The van der Waals surface area contributed by atoms with Crippen LogP contribution < -0.4 is 14.4 Å². The van der Waals surface area contributed by atoms with Gasteiger partial charge in [-0.3, -0.25) is 14.3 Å². The van der Waals surface area contributed by atoms with Gasteiger partial charge < -0.3 is 14.7 Å². The summed E-state index contributed by atoms with van der Waals surface area (Å²) in [7, 11) is -2.47. The van der Waals surface area contributed by atoms with Crippen LogP contribution in [-0.2, 0) is 19.6 Å². The van der Waals surface area contributed by atoms with Gasteiger partial charge in [0.1, 0.15) is 5.75 Å². The molecule has 3 rings (SSSR count). The number of carboxylic acids is 1. The highest BCUT2D eigenvalue weighted by Gasteiger charge is 2.35. The normalized spacial score (nSPS) is 16.9. The van der Waals surface area contributed by atoms with Crippen molar-refractivity contribution in [1.82, 2.24) is 0 Å². The van der Waals surface area contributed by atoms with Gasteiger partial charge in [0.05, 0.1) is 28.6 Å². The lowest BCUT2D eigenvalue weighted by molar-refractivity contribution is -0.141. The minimum Gasteiger partial charge on any atom is -0.497 e. The Morgan fingerprint density at radius 3 is 2.50 bits per heavy atom. The number of sulfonamides is 1. The van der Waals surface area contributed by atoms with Gasteiger partial charge in [-0.1, -0.05) is 11.6 Å². The van der Waals surface area contributed by atoms with Gasteiger partial charge in [-0.15, -0.1) is 0 Å². The fraction of sp³-hybridized carbons (Fsp3) is 0.222. The summed E-state index contributed by atoms with van der Waals surface area (Å²) >= 11 is 6.04. The van der Waals surface area contributed by atoms with Gasteiger partial charge in [-0.2, -0.15) is 0 Å². The minimum atomic E-state index is -3.93. The van der Waals surface area contributed by atoms with E-state index < -0.39 is 21.9 Å². The van der Waals surface area contributed by atoms with Gasteiger partial charge in [0, 0.05) is 24.7 Å². The zero-order chi connectivity index (χ0) is 20.5. The molecule has 1 fully saturated rings. The van der Waals surface area contributed by atoms with Crippen molar-refractivity contribution >= 4 is 44.9 Å². The van der Waals surface area contributed by atoms with Gasteiger partial charge in [0.2, 0.25) is 5.91 Å². The summed E-state index contributed by atoms with van der Waals surface area (Å²) in [6, 6.07) is 10.2. The van der Waals surface area contributed by atoms with Crippen LogP contribution in [0.3, 0.4) is 0 Å². The molecule has 2 aromatic carbocycles. The molecular formula is C18H17ClN2O6S. The lowest BCUT2D eigenvalue weighted by atomic mass is 10.1. The zero-order valence-electron chi connectivity index (χ0n) is 14.8. The van der Waals surface area contributed by atoms with Gasteiger partial charge >= 0.3 is 5.97 Å². The van der Waals surface area contributed by atoms with Crippen molar-refractivity contribution in [3.8, 4) is 5.75 Å². The van der Waals surface area contributed by atoms with Crippen LogP contribution in [0.2, 0.25) is 5.02 Å². The molecule has 28 heavy (non-hydrogen) atoms. The molecule has 8 nitrogen and oxygen atoms in total. The molecule has 2 N–H and O–H groups in total. The molecule has 0 bridgehead atoms. The summed E-state index contributed by atoms with van der Waals surface area (Å²) in [5, 5.41) is 9.27. The molecule has 0 saturated carbocycles. The second-order valence-electron chi connectivity index (χ2n) is 6.19. The number of anilines is 2. The number of nitrogens with zero attached hydrogens (tertiary/aromatic N) is 1. The van der Waals surface area contributed by atoms with Gasteiger partial charge in [-0.05, 0) is 36.4 Å². The van der Waals surface area contributed by atoms with E-state index in [1.807, 2.05) is 0 Å². The third-order valence-corrected chi connectivity index (χ3v) is 6.06. The highest BCUT2D eigenvalue weighted by atomic mass is 35.5. The summed E-state index contributed by atoms with van der Waals surface area (Å²) in [6.07, 6.45) is -0.0781. The molecule has 1 amide bonds.